The molecule has 1 saturated heterocycles. The van der Waals surface area contributed by atoms with E-state index < -0.39 is 23.4 Å². The number of rotatable bonds is 2. The standard InChI is InChI=1S/C4H8BF3NO2S/c6-5(7,8)4-9-2-1-3-12(9,10)11/h1-4H2/q-1. The lowest BCUT2D eigenvalue weighted by Crippen LogP contribution is -2.38. The van der Waals surface area contributed by atoms with E-state index in [1.807, 2.05) is 0 Å². The molecule has 0 saturated carbocycles. The third-order valence-corrected chi connectivity index (χ3v) is 3.54. The third kappa shape index (κ3) is 2.38. The van der Waals surface area contributed by atoms with Crippen molar-refractivity contribution in [3.05, 3.63) is 0 Å². The van der Waals surface area contributed by atoms with Gasteiger partial charge >= 0.3 is 6.98 Å². The maximum atomic E-state index is 11.8. The molecular formula is C4H8BF3NO2S-. The highest BCUT2D eigenvalue weighted by atomic mass is 32.2. The fourth-order valence-electron chi connectivity index (χ4n) is 1.13. The Kier molecular flexibility index (Phi) is 2.39. The van der Waals surface area contributed by atoms with Crippen LogP contribution in [0, 0.1) is 0 Å². The molecule has 1 aliphatic heterocycles. The van der Waals surface area contributed by atoms with Crippen LogP contribution in [0.5, 0.6) is 0 Å². The summed E-state index contributed by atoms with van der Waals surface area (Å²) in [7, 11) is -3.59. The molecule has 1 heterocycles. The number of nitrogens with zero attached hydrogens (tertiary/aromatic N) is 1. The summed E-state index contributed by atoms with van der Waals surface area (Å²) in [6, 6.07) is 0. The minimum Gasteiger partial charge on any atom is -0.448 e. The summed E-state index contributed by atoms with van der Waals surface area (Å²) in [4.78, 5) is 0. The molecule has 0 aromatic heterocycles. The number of hydrogen-bond acceptors (Lipinski definition) is 2. The molecule has 0 bridgehead atoms. The van der Waals surface area contributed by atoms with Crippen molar-refractivity contribution in [2.45, 2.75) is 6.42 Å². The van der Waals surface area contributed by atoms with Gasteiger partial charge < -0.3 is 12.9 Å². The molecule has 0 radical (unpaired) electrons. The van der Waals surface area contributed by atoms with Crippen LogP contribution in [0.3, 0.4) is 0 Å². The average Bonchev–Trinajstić information content (AvgIpc) is 2.07. The largest absolute Gasteiger partial charge is 0.493 e. The fourth-order valence-corrected chi connectivity index (χ4v) is 2.68. The van der Waals surface area contributed by atoms with Crippen LogP contribution in [0.1, 0.15) is 6.42 Å². The maximum Gasteiger partial charge on any atom is 0.493 e. The Morgan fingerprint density at radius 3 is 2.25 bits per heavy atom. The second-order valence-corrected chi connectivity index (χ2v) is 4.83. The monoisotopic (exact) mass is 202 g/mol. The molecule has 8 heteroatoms. The van der Waals surface area contributed by atoms with Crippen molar-refractivity contribution in [2.75, 3.05) is 18.7 Å². The van der Waals surface area contributed by atoms with Crippen LogP contribution in [-0.2, 0) is 10.0 Å². The fraction of sp³-hybridized carbons (Fsp3) is 1.00. The summed E-state index contributed by atoms with van der Waals surface area (Å²) in [6.45, 7) is -5.03. The molecule has 1 rings (SSSR count). The Morgan fingerprint density at radius 1 is 1.33 bits per heavy atom. The van der Waals surface area contributed by atoms with Crippen LogP contribution < -0.4 is 0 Å². The van der Waals surface area contributed by atoms with Gasteiger partial charge in [0.05, 0.1) is 5.75 Å². The van der Waals surface area contributed by atoms with Crippen molar-refractivity contribution in [1.82, 2.24) is 4.31 Å². The summed E-state index contributed by atoms with van der Waals surface area (Å²) in [5.41, 5.74) is 0. The van der Waals surface area contributed by atoms with Crippen LogP contribution in [-0.4, -0.2) is 38.4 Å². The van der Waals surface area contributed by atoms with Crippen molar-refractivity contribution >= 4 is 17.0 Å². The van der Waals surface area contributed by atoms with E-state index >= 15 is 0 Å². The second-order valence-electron chi connectivity index (χ2n) is 2.74. The Labute approximate surface area is 68.7 Å². The topological polar surface area (TPSA) is 37.4 Å². The number of sulfonamides is 1. The molecule has 72 valence electrons. The van der Waals surface area contributed by atoms with Gasteiger partial charge in [-0.2, -0.15) is 0 Å². The normalized spacial score (nSPS) is 24.6. The van der Waals surface area contributed by atoms with E-state index in [1.165, 1.54) is 0 Å². The van der Waals surface area contributed by atoms with Crippen LogP contribution in [0.4, 0.5) is 12.9 Å². The van der Waals surface area contributed by atoms with Crippen molar-refractivity contribution < 1.29 is 21.4 Å². The van der Waals surface area contributed by atoms with E-state index in [0.717, 1.165) is 0 Å². The van der Waals surface area contributed by atoms with Gasteiger partial charge in [-0.3, -0.25) is 0 Å². The summed E-state index contributed by atoms with van der Waals surface area (Å²) in [6.07, 6.45) is -0.989. The Bertz CT molecular complexity index is 262. The predicted octanol–water partition coefficient (Wildman–Crippen LogP) is 0.409. The zero-order valence-electron chi connectivity index (χ0n) is 6.21. The van der Waals surface area contributed by atoms with Gasteiger partial charge in [0.15, 0.2) is 0 Å². The van der Waals surface area contributed by atoms with Crippen LogP contribution in [0.25, 0.3) is 0 Å². The maximum absolute atomic E-state index is 11.8. The molecule has 0 amide bonds. The van der Waals surface area contributed by atoms with Crippen LogP contribution in [0.15, 0.2) is 0 Å². The third-order valence-electron chi connectivity index (χ3n) is 1.61. The molecular weight excluding hydrogens is 194 g/mol. The molecule has 0 unspecified atom stereocenters. The van der Waals surface area contributed by atoms with Crippen LogP contribution >= 0.6 is 0 Å². The molecule has 3 nitrogen and oxygen atoms in total. The van der Waals surface area contributed by atoms with Gasteiger partial charge in [0.25, 0.3) is 0 Å². The van der Waals surface area contributed by atoms with E-state index in [1.54, 1.807) is 0 Å². The van der Waals surface area contributed by atoms with Crippen LogP contribution in [0.2, 0.25) is 0 Å². The number of hydrogen-bond donors (Lipinski definition) is 0. The van der Waals surface area contributed by atoms with Gasteiger partial charge in [0, 0.05) is 6.54 Å². The molecule has 0 spiro atoms. The number of halogens is 3. The van der Waals surface area contributed by atoms with E-state index in [9.17, 15) is 21.4 Å². The highest BCUT2D eigenvalue weighted by molar-refractivity contribution is 7.89. The quantitative estimate of drug-likeness (QED) is 0.608. The lowest BCUT2D eigenvalue weighted by molar-refractivity contribution is 0.398. The summed E-state index contributed by atoms with van der Waals surface area (Å²) < 4.78 is 57.7. The summed E-state index contributed by atoms with van der Waals surface area (Å²) >= 11 is 0. The van der Waals surface area contributed by atoms with Crippen molar-refractivity contribution in [3.63, 3.8) is 0 Å². The SMILES string of the molecule is O=S1(=O)CCCN1C[B-](F)(F)F. The Hall–Kier alpha value is -0.235. The van der Waals surface area contributed by atoms with Gasteiger partial charge in [-0.1, -0.05) is 0 Å². The predicted molar refractivity (Wildman–Crippen MR) is 39.1 cm³/mol. The van der Waals surface area contributed by atoms with E-state index in [0.29, 0.717) is 10.7 Å². The molecule has 0 atom stereocenters. The summed E-state index contributed by atoms with van der Waals surface area (Å²) in [5, 5.41) is 0. The van der Waals surface area contributed by atoms with Crippen molar-refractivity contribution in [2.24, 2.45) is 0 Å². The smallest absolute Gasteiger partial charge is 0.448 e. The first-order valence-electron chi connectivity index (χ1n) is 3.50. The molecule has 1 fully saturated rings. The molecule has 1 aliphatic rings. The molecule has 0 aliphatic carbocycles. The Balaban J connectivity index is 2.66. The van der Waals surface area contributed by atoms with Gasteiger partial charge in [-0.25, -0.2) is 12.7 Å². The lowest BCUT2D eigenvalue weighted by atomic mass is 9.92. The van der Waals surface area contributed by atoms with Crippen molar-refractivity contribution in [1.29, 1.82) is 0 Å². The Morgan fingerprint density at radius 2 is 1.92 bits per heavy atom. The zero-order chi connectivity index (χ0) is 9.41. The molecule has 12 heavy (non-hydrogen) atoms. The van der Waals surface area contributed by atoms with Gasteiger partial charge in [0.2, 0.25) is 10.0 Å². The first-order valence-corrected chi connectivity index (χ1v) is 5.11. The average molecular weight is 202 g/mol. The van der Waals surface area contributed by atoms with E-state index in [2.05, 4.69) is 0 Å². The second kappa shape index (κ2) is 2.92. The van der Waals surface area contributed by atoms with Gasteiger partial charge in [0.1, 0.15) is 0 Å². The lowest BCUT2D eigenvalue weighted by Gasteiger charge is -2.21. The van der Waals surface area contributed by atoms with Crippen molar-refractivity contribution in [3.8, 4) is 0 Å². The first-order chi connectivity index (χ1) is 5.31. The zero-order valence-corrected chi connectivity index (χ0v) is 7.03. The molecule has 0 aromatic rings. The molecule has 0 N–H and O–H groups in total. The first kappa shape index (κ1) is 9.85. The highest BCUT2D eigenvalue weighted by Gasteiger charge is 2.35. The van der Waals surface area contributed by atoms with E-state index in [-0.39, 0.29) is 12.3 Å². The summed E-state index contributed by atoms with van der Waals surface area (Å²) in [5.74, 6) is -0.154. The minimum absolute atomic E-state index is 0.00356. The van der Waals surface area contributed by atoms with Gasteiger partial charge in [-0.05, 0) is 12.9 Å². The van der Waals surface area contributed by atoms with E-state index in [4.69, 9.17) is 0 Å². The minimum atomic E-state index is -5.03. The molecule has 0 aromatic carbocycles. The van der Waals surface area contributed by atoms with Gasteiger partial charge in [-0.15, -0.1) is 0 Å². The highest BCUT2D eigenvalue weighted by Crippen LogP contribution is 2.18.